The van der Waals surface area contributed by atoms with Gasteiger partial charge in [-0.3, -0.25) is 9.59 Å². The van der Waals surface area contributed by atoms with Crippen LogP contribution in [0.4, 0.5) is 4.39 Å². The molecule has 0 bridgehead atoms. The highest BCUT2D eigenvalue weighted by Gasteiger charge is 2.40. The molecule has 0 atom stereocenters. The summed E-state index contributed by atoms with van der Waals surface area (Å²) in [6, 6.07) is 7.54. The van der Waals surface area contributed by atoms with E-state index in [1.54, 1.807) is 18.2 Å². The van der Waals surface area contributed by atoms with Gasteiger partial charge in [-0.25, -0.2) is 9.07 Å². The lowest BCUT2D eigenvalue weighted by Crippen LogP contribution is -2.46. The lowest BCUT2D eigenvalue weighted by atomic mass is 9.80. The monoisotopic (exact) mass is 347 g/mol. The maximum absolute atomic E-state index is 13.8. The van der Waals surface area contributed by atoms with E-state index >= 15 is 0 Å². The van der Waals surface area contributed by atoms with E-state index in [-0.39, 0.29) is 17.9 Å². The second kappa shape index (κ2) is 7.02. The average Bonchev–Trinajstić information content (AvgIpc) is 3.10. The Morgan fingerprint density at radius 3 is 2.68 bits per heavy atom. The average molecular weight is 347 g/mol. The molecule has 0 saturated carbocycles. The van der Waals surface area contributed by atoms with Crippen molar-refractivity contribution in [2.45, 2.75) is 12.8 Å². The molecule has 8 heteroatoms. The summed E-state index contributed by atoms with van der Waals surface area (Å²) < 4.78 is 20.2. The van der Waals surface area contributed by atoms with E-state index in [1.165, 1.54) is 23.0 Å². The number of ether oxygens (including phenoxy) is 1. The highest BCUT2D eigenvalue weighted by Crippen LogP contribution is 2.30. The molecule has 1 aromatic carbocycles. The van der Waals surface area contributed by atoms with Crippen molar-refractivity contribution in [2.75, 3.05) is 19.8 Å². The molecular formula is C17H18FN3O4. The van der Waals surface area contributed by atoms with Gasteiger partial charge in [0.15, 0.2) is 5.69 Å². The first-order chi connectivity index (χ1) is 12.0. The number of aliphatic carboxylic acids is 1. The van der Waals surface area contributed by atoms with E-state index in [4.69, 9.17) is 4.74 Å². The van der Waals surface area contributed by atoms with Gasteiger partial charge in [0.25, 0.3) is 5.91 Å². The van der Waals surface area contributed by atoms with Crippen molar-refractivity contribution in [3.05, 3.63) is 48.0 Å². The van der Waals surface area contributed by atoms with E-state index < -0.39 is 23.1 Å². The number of rotatable bonds is 5. The van der Waals surface area contributed by atoms with Crippen LogP contribution in [0.2, 0.25) is 0 Å². The normalized spacial score (nSPS) is 16.4. The highest BCUT2D eigenvalue weighted by atomic mass is 19.1. The van der Waals surface area contributed by atoms with Gasteiger partial charge in [0.2, 0.25) is 0 Å². The minimum atomic E-state index is -1.03. The van der Waals surface area contributed by atoms with E-state index in [0.29, 0.717) is 26.1 Å². The Kier molecular flexibility index (Phi) is 4.80. The number of hydrogen-bond donors (Lipinski definition) is 2. The van der Waals surface area contributed by atoms with Crippen LogP contribution in [0.5, 0.6) is 0 Å². The van der Waals surface area contributed by atoms with Crippen molar-refractivity contribution >= 4 is 11.9 Å². The minimum absolute atomic E-state index is 0.00289. The predicted molar refractivity (Wildman–Crippen MR) is 86.0 cm³/mol. The number of nitrogens with one attached hydrogen (secondary N) is 1. The fourth-order valence-corrected chi connectivity index (χ4v) is 2.79. The second-order valence-electron chi connectivity index (χ2n) is 5.98. The smallest absolute Gasteiger partial charge is 0.311 e. The first-order valence-electron chi connectivity index (χ1n) is 7.92. The molecule has 25 heavy (non-hydrogen) atoms. The lowest BCUT2D eigenvalue weighted by molar-refractivity contribution is -0.154. The highest BCUT2D eigenvalue weighted by molar-refractivity contribution is 5.92. The summed E-state index contributed by atoms with van der Waals surface area (Å²) in [5.74, 6) is -1.90. The number of aromatic nitrogens is 2. The summed E-state index contributed by atoms with van der Waals surface area (Å²) in [4.78, 5) is 23.9. The van der Waals surface area contributed by atoms with E-state index in [2.05, 4.69) is 10.4 Å². The standard InChI is InChI=1S/C17H18FN3O4/c18-12-3-1-2-4-14(12)21-8-5-13(20-21)15(22)19-11-17(16(23)24)6-9-25-10-7-17/h1-5,8H,6-7,9-11H2,(H,19,22)(H,23,24). The number of hydrogen-bond acceptors (Lipinski definition) is 4. The predicted octanol–water partition coefficient (Wildman–Crippen LogP) is 1.62. The van der Waals surface area contributed by atoms with Crippen molar-refractivity contribution in [3.8, 4) is 5.69 Å². The largest absolute Gasteiger partial charge is 0.481 e. The topological polar surface area (TPSA) is 93.5 Å². The third kappa shape index (κ3) is 3.53. The number of carbonyl (C=O) groups is 2. The minimum Gasteiger partial charge on any atom is -0.481 e. The number of carboxylic acids is 1. The molecule has 7 nitrogen and oxygen atoms in total. The molecule has 0 aliphatic carbocycles. The Labute approximate surface area is 143 Å². The van der Waals surface area contributed by atoms with Crippen molar-refractivity contribution in [3.63, 3.8) is 0 Å². The molecule has 0 spiro atoms. The zero-order valence-corrected chi connectivity index (χ0v) is 13.4. The third-order valence-corrected chi connectivity index (χ3v) is 4.41. The van der Waals surface area contributed by atoms with Crippen LogP contribution in [0.15, 0.2) is 36.5 Å². The zero-order chi connectivity index (χ0) is 17.9. The van der Waals surface area contributed by atoms with Crippen molar-refractivity contribution in [1.82, 2.24) is 15.1 Å². The van der Waals surface area contributed by atoms with Crippen LogP contribution in [0.25, 0.3) is 5.69 Å². The quantitative estimate of drug-likeness (QED) is 0.857. The fourth-order valence-electron chi connectivity index (χ4n) is 2.79. The molecule has 1 aliphatic heterocycles. The molecule has 2 N–H and O–H groups in total. The summed E-state index contributed by atoms with van der Waals surface area (Å²) in [6.07, 6.45) is 2.16. The van der Waals surface area contributed by atoms with Gasteiger partial charge in [0.1, 0.15) is 11.5 Å². The van der Waals surface area contributed by atoms with Gasteiger partial charge in [-0.15, -0.1) is 0 Å². The van der Waals surface area contributed by atoms with E-state index in [0.717, 1.165) is 0 Å². The van der Waals surface area contributed by atoms with Crippen molar-refractivity contribution in [2.24, 2.45) is 5.41 Å². The molecule has 1 aliphatic rings. The molecule has 132 valence electrons. The number of carbonyl (C=O) groups excluding carboxylic acids is 1. The summed E-state index contributed by atoms with van der Waals surface area (Å²) in [5.41, 5.74) is -0.703. The van der Waals surface area contributed by atoms with Crippen LogP contribution in [0, 0.1) is 11.2 Å². The Morgan fingerprint density at radius 1 is 1.28 bits per heavy atom. The van der Waals surface area contributed by atoms with E-state index in [1.807, 2.05) is 0 Å². The Hall–Kier alpha value is -2.74. The number of halogens is 1. The van der Waals surface area contributed by atoms with E-state index in [9.17, 15) is 19.1 Å². The van der Waals surface area contributed by atoms with Gasteiger partial charge in [0.05, 0.1) is 5.41 Å². The van der Waals surface area contributed by atoms with Crippen molar-refractivity contribution < 1.29 is 23.8 Å². The first kappa shape index (κ1) is 17.1. The number of nitrogens with zero attached hydrogens (tertiary/aromatic N) is 2. The maximum atomic E-state index is 13.8. The fraction of sp³-hybridized carbons (Fsp3) is 0.353. The molecular weight excluding hydrogens is 329 g/mol. The summed E-state index contributed by atoms with van der Waals surface area (Å²) >= 11 is 0. The first-order valence-corrected chi connectivity index (χ1v) is 7.92. The number of carboxylic acid groups (broad SMARTS) is 1. The van der Waals surface area contributed by atoms with Gasteiger partial charge >= 0.3 is 5.97 Å². The zero-order valence-electron chi connectivity index (χ0n) is 13.4. The van der Waals surface area contributed by atoms with Crippen LogP contribution >= 0.6 is 0 Å². The van der Waals surface area contributed by atoms with Crippen LogP contribution in [-0.2, 0) is 9.53 Å². The molecule has 3 rings (SSSR count). The van der Waals surface area contributed by atoms with Crippen LogP contribution in [0.3, 0.4) is 0 Å². The summed E-state index contributed by atoms with van der Waals surface area (Å²) in [7, 11) is 0. The molecule has 1 saturated heterocycles. The van der Waals surface area contributed by atoms with Gasteiger partial charge in [-0.05, 0) is 31.0 Å². The molecule has 1 fully saturated rings. The van der Waals surface area contributed by atoms with Crippen LogP contribution in [-0.4, -0.2) is 46.5 Å². The summed E-state index contributed by atoms with van der Waals surface area (Å²) in [5, 5.41) is 16.2. The van der Waals surface area contributed by atoms with Gasteiger partial charge < -0.3 is 15.2 Å². The van der Waals surface area contributed by atoms with Gasteiger partial charge in [0, 0.05) is 26.0 Å². The Balaban J connectivity index is 1.70. The number of para-hydroxylation sites is 1. The third-order valence-electron chi connectivity index (χ3n) is 4.41. The molecule has 2 aromatic rings. The molecule has 1 amide bonds. The SMILES string of the molecule is O=C(NCC1(C(=O)O)CCOCC1)c1ccn(-c2ccccc2F)n1. The Morgan fingerprint density at radius 2 is 2.00 bits per heavy atom. The number of amides is 1. The second-order valence-corrected chi connectivity index (χ2v) is 5.98. The van der Waals surface area contributed by atoms with Crippen LogP contribution in [0.1, 0.15) is 23.3 Å². The molecule has 0 unspecified atom stereocenters. The lowest BCUT2D eigenvalue weighted by Gasteiger charge is -2.32. The van der Waals surface area contributed by atoms with Crippen molar-refractivity contribution in [1.29, 1.82) is 0 Å². The Bertz CT molecular complexity index is 784. The molecule has 2 heterocycles. The van der Waals surface area contributed by atoms with Crippen LogP contribution < -0.4 is 5.32 Å². The van der Waals surface area contributed by atoms with Gasteiger partial charge in [-0.2, -0.15) is 5.10 Å². The number of benzene rings is 1. The van der Waals surface area contributed by atoms with Gasteiger partial charge in [-0.1, -0.05) is 12.1 Å². The summed E-state index contributed by atoms with van der Waals surface area (Å²) in [6.45, 7) is 0.700. The molecule has 0 radical (unpaired) electrons. The maximum Gasteiger partial charge on any atom is 0.311 e. The molecule has 1 aromatic heterocycles.